The minimum absolute atomic E-state index is 0.0367. The largest absolute Gasteiger partial charge is 0.490 e. The fraction of sp³-hybridized carbons (Fsp3) is 0.474. The van der Waals surface area contributed by atoms with Gasteiger partial charge in [-0.2, -0.15) is 24.5 Å². The Bertz CT molecular complexity index is 958. The molecule has 0 aliphatic carbocycles. The molecule has 0 fully saturated rings. The molecule has 0 bridgehead atoms. The van der Waals surface area contributed by atoms with Crippen molar-refractivity contribution in [3.8, 4) is 0 Å². The summed E-state index contributed by atoms with van der Waals surface area (Å²) in [4.78, 5) is 40.2. The lowest BCUT2D eigenvalue weighted by Gasteiger charge is -2.23. The summed E-state index contributed by atoms with van der Waals surface area (Å²) < 4.78 is 33.5. The van der Waals surface area contributed by atoms with Crippen LogP contribution in [0.2, 0.25) is 0 Å². The molecule has 12 heteroatoms. The van der Waals surface area contributed by atoms with Gasteiger partial charge in [-0.05, 0) is 31.7 Å². The van der Waals surface area contributed by atoms with Crippen LogP contribution in [0.3, 0.4) is 0 Å². The molecular weight excluding hydrogens is 437 g/mol. The van der Waals surface area contributed by atoms with Crippen molar-refractivity contribution in [2.45, 2.75) is 52.1 Å². The average molecular weight is 460 g/mol. The number of thiophene rings is 1. The zero-order valence-electron chi connectivity index (χ0n) is 17.0. The van der Waals surface area contributed by atoms with Gasteiger partial charge in [0.25, 0.3) is 11.5 Å². The molecule has 0 spiro atoms. The van der Waals surface area contributed by atoms with Gasteiger partial charge >= 0.3 is 12.1 Å². The molecule has 8 nitrogen and oxygen atoms in total. The van der Waals surface area contributed by atoms with Gasteiger partial charge in [0.05, 0.1) is 18.8 Å². The van der Waals surface area contributed by atoms with Crippen molar-refractivity contribution in [1.29, 1.82) is 0 Å². The van der Waals surface area contributed by atoms with Crippen molar-refractivity contribution in [1.82, 2.24) is 19.8 Å². The van der Waals surface area contributed by atoms with Crippen LogP contribution in [-0.2, 0) is 24.4 Å². The lowest BCUT2D eigenvalue weighted by atomic mass is 10.3. The first-order valence-corrected chi connectivity index (χ1v) is 10.4. The second kappa shape index (κ2) is 10.5. The first-order chi connectivity index (χ1) is 14.5. The second-order valence-corrected chi connectivity index (χ2v) is 7.85. The Hall–Kier alpha value is -2.73. The van der Waals surface area contributed by atoms with Crippen molar-refractivity contribution in [3.05, 3.63) is 50.3 Å². The summed E-state index contributed by atoms with van der Waals surface area (Å²) in [6, 6.07) is 3.72. The highest BCUT2D eigenvalue weighted by atomic mass is 32.1. The molecule has 1 amide bonds. The molecule has 1 aliphatic rings. The molecule has 31 heavy (non-hydrogen) atoms. The summed E-state index contributed by atoms with van der Waals surface area (Å²) in [6.45, 7) is 6.90. The number of hydrogen-bond donors (Lipinski definition) is 2. The highest BCUT2D eigenvalue weighted by molar-refractivity contribution is 7.08. The molecule has 1 aliphatic heterocycles. The molecule has 0 saturated heterocycles. The fourth-order valence-corrected chi connectivity index (χ4v) is 3.49. The molecule has 0 saturated carbocycles. The predicted octanol–water partition coefficient (Wildman–Crippen LogP) is 2.48. The number of hydrogen-bond acceptors (Lipinski definition) is 6. The molecule has 3 heterocycles. The maximum absolute atomic E-state index is 12.4. The first kappa shape index (κ1) is 24.5. The lowest BCUT2D eigenvalue weighted by Crippen LogP contribution is -2.32. The SMILES string of the molecule is CC(C)N1CCCn2c(nc(CNC(=O)c3ccsc3)cc2=O)C1.O=C(O)C(F)(F)F. The highest BCUT2D eigenvalue weighted by Gasteiger charge is 2.38. The number of carbonyl (C=O) groups is 2. The summed E-state index contributed by atoms with van der Waals surface area (Å²) >= 11 is 1.48. The van der Waals surface area contributed by atoms with Gasteiger partial charge in [0, 0.05) is 36.1 Å². The second-order valence-electron chi connectivity index (χ2n) is 7.07. The zero-order chi connectivity index (χ0) is 23.2. The summed E-state index contributed by atoms with van der Waals surface area (Å²) in [5, 5.41) is 13.6. The Balaban J connectivity index is 0.000000423. The number of aromatic nitrogens is 2. The van der Waals surface area contributed by atoms with E-state index < -0.39 is 12.1 Å². The van der Waals surface area contributed by atoms with Crippen LogP contribution in [0, 0.1) is 0 Å². The van der Waals surface area contributed by atoms with Gasteiger partial charge < -0.3 is 10.4 Å². The molecule has 3 rings (SSSR count). The maximum Gasteiger partial charge on any atom is 0.490 e. The molecule has 170 valence electrons. The summed E-state index contributed by atoms with van der Waals surface area (Å²) in [6.07, 6.45) is -4.14. The number of rotatable bonds is 4. The number of amides is 1. The van der Waals surface area contributed by atoms with Gasteiger partial charge in [-0.15, -0.1) is 0 Å². The van der Waals surface area contributed by atoms with Gasteiger partial charge in [0.15, 0.2) is 0 Å². The standard InChI is InChI=1S/C17H22N4O2S.C2HF3O2/c1-12(2)20-5-3-6-21-15(10-20)19-14(8-16(21)22)9-18-17(23)13-4-7-24-11-13;3-2(4,5)1(6)7/h4,7-8,11-12H,3,5-6,9-10H2,1-2H3,(H,18,23);(H,6,7). The minimum Gasteiger partial charge on any atom is -0.475 e. The normalized spacial score (nSPS) is 14.3. The molecule has 0 aromatic carbocycles. The number of carbonyl (C=O) groups excluding carboxylic acids is 1. The third-order valence-corrected chi connectivity index (χ3v) is 5.18. The van der Waals surface area contributed by atoms with Crippen LogP contribution in [0.15, 0.2) is 27.7 Å². The van der Waals surface area contributed by atoms with Crippen molar-refractivity contribution in [3.63, 3.8) is 0 Å². The number of carboxylic acid groups (broad SMARTS) is 1. The number of nitrogens with one attached hydrogen (secondary N) is 1. The monoisotopic (exact) mass is 460 g/mol. The van der Waals surface area contributed by atoms with E-state index in [9.17, 15) is 22.8 Å². The van der Waals surface area contributed by atoms with E-state index in [-0.39, 0.29) is 18.0 Å². The Morgan fingerprint density at radius 2 is 2.00 bits per heavy atom. The van der Waals surface area contributed by atoms with Gasteiger partial charge in [-0.1, -0.05) is 0 Å². The van der Waals surface area contributed by atoms with Crippen molar-refractivity contribution < 1.29 is 27.9 Å². The lowest BCUT2D eigenvalue weighted by molar-refractivity contribution is -0.192. The Kier molecular flexibility index (Phi) is 8.34. The van der Waals surface area contributed by atoms with E-state index in [1.165, 1.54) is 17.4 Å². The molecule has 0 radical (unpaired) electrons. The van der Waals surface area contributed by atoms with E-state index in [0.29, 0.717) is 30.4 Å². The number of aliphatic carboxylic acids is 1. The van der Waals surface area contributed by atoms with Gasteiger partial charge in [-0.3, -0.25) is 19.1 Å². The van der Waals surface area contributed by atoms with Gasteiger partial charge in [0.1, 0.15) is 5.82 Å². The van der Waals surface area contributed by atoms with E-state index in [4.69, 9.17) is 9.90 Å². The van der Waals surface area contributed by atoms with Gasteiger partial charge in [0.2, 0.25) is 0 Å². The number of halogens is 3. The minimum atomic E-state index is -5.08. The van der Waals surface area contributed by atoms with Crippen molar-refractivity contribution >= 4 is 23.2 Å². The van der Waals surface area contributed by atoms with E-state index in [0.717, 1.165) is 18.8 Å². The third-order valence-electron chi connectivity index (χ3n) is 4.50. The van der Waals surface area contributed by atoms with E-state index in [1.807, 2.05) is 5.38 Å². The molecule has 0 unspecified atom stereocenters. The van der Waals surface area contributed by atoms with Crippen LogP contribution >= 0.6 is 11.3 Å². The summed E-state index contributed by atoms with van der Waals surface area (Å²) in [5.41, 5.74) is 1.21. The predicted molar refractivity (Wildman–Crippen MR) is 108 cm³/mol. The van der Waals surface area contributed by atoms with E-state index in [1.54, 1.807) is 16.0 Å². The van der Waals surface area contributed by atoms with Crippen LogP contribution in [0.1, 0.15) is 42.1 Å². The molecule has 0 atom stereocenters. The zero-order valence-corrected chi connectivity index (χ0v) is 17.8. The van der Waals surface area contributed by atoms with Crippen molar-refractivity contribution in [2.24, 2.45) is 0 Å². The van der Waals surface area contributed by atoms with Crippen LogP contribution in [0.5, 0.6) is 0 Å². The smallest absolute Gasteiger partial charge is 0.475 e. The number of fused-ring (bicyclic) bond motifs is 1. The molecule has 2 aromatic rings. The van der Waals surface area contributed by atoms with E-state index >= 15 is 0 Å². The van der Waals surface area contributed by atoms with Gasteiger partial charge in [-0.25, -0.2) is 9.78 Å². The Morgan fingerprint density at radius 3 is 2.55 bits per heavy atom. The molecular formula is C19H23F3N4O4S. The summed E-state index contributed by atoms with van der Waals surface area (Å²) in [7, 11) is 0. The Morgan fingerprint density at radius 1 is 1.32 bits per heavy atom. The van der Waals surface area contributed by atoms with E-state index in [2.05, 4.69) is 29.0 Å². The number of carboxylic acids is 1. The van der Waals surface area contributed by atoms with Crippen LogP contribution in [-0.4, -0.2) is 50.2 Å². The third kappa shape index (κ3) is 7.17. The van der Waals surface area contributed by atoms with Crippen LogP contribution < -0.4 is 10.9 Å². The topological polar surface area (TPSA) is 105 Å². The quantitative estimate of drug-likeness (QED) is 0.727. The highest BCUT2D eigenvalue weighted by Crippen LogP contribution is 2.13. The van der Waals surface area contributed by atoms with Crippen molar-refractivity contribution in [2.75, 3.05) is 6.54 Å². The average Bonchev–Trinajstić information content (AvgIpc) is 3.12. The van der Waals surface area contributed by atoms with Crippen LogP contribution in [0.25, 0.3) is 0 Å². The maximum atomic E-state index is 12.4. The number of alkyl halides is 3. The molecule has 2 N–H and O–H groups in total. The first-order valence-electron chi connectivity index (χ1n) is 9.43. The fourth-order valence-electron chi connectivity index (χ4n) is 2.86. The number of nitrogens with zero attached hydrogens (tertiary/aromatic N) is 3. The van der Waals surface area contributed by atoms with Crippen LogP contribution in [0.4, 0.5) is 13.2 Å². The summed E-state index contributed by atoms with van der Waals surface area (Å²) in [5.74, 6) is -2.11. The Labute approximate surface area is 180 Å². The molecule has 2 aromatic heterocycles.